The van der Waals surface area contributed by atoms with Crippen LogP contribution in [-0.4, -0.2) is 33.9 Å². The highest BCUT2D eigenvalue weighted by Gasteiger charge is 2.24. The SMILES string of the molecule is COc1ccc(/C=N/NC(=O)Cc2ccccc2)cc1Cn1nc([N+](=O)[O-])c(Cl)c1C. The lowest BCUT2D eigenvalue weighted by atomic mass is 10.1. The molecular weight excluding hydrogens is 422 g/mol. The van der Waals surface area contributed by atoms with Crippen LogP contribution >= 0.6 is 11.6 Å². The summed E-state index contributed by atoms with van der Waals surface area (Å²) in [5, 5.41) is 19.1. The third-order valence-electron chi connectivity index (χ3n) is 4.52. The summed E-state index contributed by atoms with van der Waals surface area (Å²) in [6.07, 6.45) is 1.74. The Bertz CT molecular complexity index is 1130. The number of nitrogens with zero attached hydrogens (tertiary/aromatic N) is 4. The zero-order valence-corrected chi connectivity index (χ0v) is 17.7. The van der Waals surface area contributed by atoms with Gasteiger partial charge in [-0.05, 0) is 41.2 Å². The normalized spacial score (nSPS) is 10.9. The molecule has 9 nitrogen and oxygen atoms in total. The van der Waals surface area contributed by atoms with Crippen molar-refractivity contribution < 1.29 is 14.5 Å². The molecule has 0 saturated carbocycles. The molecule has 1 N–H and O–H groups in total. The summed E-state index contributed by atoms with van der Waals surface area (Å²) in [5.41, 5.74) is 5.30. The van der Waals surface area contributed by atoms with Gasteiger partial charge in [0, 0.05) is 5.56 Å². The van der Waals surface area contributed by atoms with Crippen molar-refractivity contribution in [2.24, 2.45) is 5.10 Å². The van der Waals surface area contributed by atoms with Crippen molar-refractivity contribution in [3.63, 3.8) is 0 Å². The Morgan fingerprint density at radius 3 is 2.71 bits per heavy atom. The van der Waals surface area contributed by atoms with E-state index in [1.54, 1.807) is 25.1 Å². The number of ether oxygens (including phenoxy) is 1. The van der Waals surface area contributed by atoms with Gasteiger partial charge in [0.2, 0.25) is 5.91 Å². The monoisotopic (exact) mass is 441 g/mol. The van der Waals surface area contributed by atoms with E-state index in [1.807, 2.05) is 30.3 Å². The summed E-state index contributed by atoms with van der Waals surface area (Å²) in [5.74, 6) is -0.0405. The Hall–Kier alpha value is -3.72. The number of aromatic nitrogens is 2. The number of benzene rings is 2. The van der Waals surface area contributed by atoms with Crippen molar-refractivity contribution in [1.29, 1.82) is 0 Å². The summed E-state index contributed by atoms with van der Waals surface area (Å²) in [6.45, 7) is 1.87. The third-order valence-corrected chi connectivity index (χ3v) is 4.97. The van der Waals surface area contributed by atoms with Crippen molar-refractivity contribution in [1.82, 2.24) is 15.2 Å². The maximum atomic E-state index is 12.0. The molecule has 0 aliphatic heterocycles. The van der Waals surface area contributed by atoms with Gasteiger partial charge in [0.25, 0.3) is 0 Å². The molecule has 0 spiro atoms. The fourth-order valence-electron chi connectivity index (χ4n) is 2.94. The molecule has 0 fully saturated rings. The highest BCUT2D eigenvalue weighted by Crippen LogP contribution is 2.28. The lowest BCUT2D eigenvalue weighted by Crippen LogP contribution is -2.19. The average molecular weight is 442 g/mol. The van der Waals surface area contributed by atoms with E-state index in [1.165, 1.54) is 18.0 Å². The lowest BCUT2D eigenvalue weighted by molar-refractivity contribution is -0.389. The van der Waals surface area contributed by atoms with E-state index in [0.29, 0.717) is 17.0 Å². The van der Waals surface area contributed by atoms with Gasteiger partial charge in [0.15, 0.2) is 5.02 Å². The second kappa shape index (κ2) is 9.86. The number of halogens is 1. The van der Waals surface area contributed by atoms with Crippen LogP contribution in [0.25, 0.3) is 0 Å². The predicted molar refractivity (Wildman–Crippen MR) is 117 cm³/mol. The number of nitro groups is 1. The van der Waals surface area contributed by atoms with Crippen LogP contribution < -0.4 is 10.2 Å². The Balaban J connectivity index is 1.73. The summed E-state index contributed by atoms with van der Waals surface area (Å²) in [7, 11) is 1.53. The van der Waals surface area contributed by atoms with Crippen LogP contribution in [0.4, 0.5) is 5.82 Å². The Kier molecular flexibility index (Phi) is 6.99. The molecule has 3 aromatic rings. The molecule has 0 bridgehead atoms. The molecule has 3 rings (SSSR count). The number of hydrogen-bond acceptors (Lipinski definition) is 6. The van der Waals surface area contributed by atoms with Crippen molar-refractivity contribution >= 4 is 29.5 Å². The van der Waals surface area contributed by atoms with Gasteiger partial charge in [-0.25, -0.2) is 5.43 Å². The minimum atomic E-state index is -0.621. The zero-order chi connectivity index (χ0) is 22.4. The van der Waals surface area contributed by atoms with Crippen LogP contribution in [0.1, 0.15) is 22.4 Å². The molecule has 1 amide bonds. The zero-order valence-electron chi connectivity index (χ0n) is 16.9. The number of carbonyl (C=O) groups is 1. The molecule has 2 aromatic carbocycles. The van der Waals surface area contributed by atoms with E-state index in [2.05, 4.69) is 15.6 Å². The van der Waals surface area contributed by atoms with E-state index in [4.69, 9.17) is 16.3 Å². The Morgan fingerprint density at radius 2 is 2.06 bits per heavy atom. The van der Waals surface area contributed by atoms with Gasteiger partial charge in [-0.15, -0.1) is 0 Å². The quantitative estimate of drug-likeness (QED) is 0.326. The van der Waals surface area contributed by atoms with Gasteiger partial charge >= 0.3 is 5.82 Å². The van der Waals surface area contributed by atoms with Crippen LogP contribution in [0, 0.1) is 17.0 Å². The molecule has 1 heterocycles. The topological polar surface area (TPSA) is 112 Å². The summed E-state index contributed by atoms with van der Waals surface area (Å²) in [6, 6.07) is 14.7. The Morgan fingerprint density at radius 1 is 1.32 bits per heavy atom. The van der Waals surface area contributed by atoms with Crippen LogP contribution in [0.3, 0.4) is 0 Å². The number of amides is 1. The van der Waals surface area contributed by atoms with Crippen LogP contribution in [0.2, 0.25) is 5.02 Å². The maximum absolute atomic E-state index is 12.0. The average Bonchev–Trinajstić information content (AvgIpc) is 3.03. The molecule has 0 radical (unpaired) electrons. The fourth-order valence-corrected chi connectivity index (χ4v) is 3.15. The molecule has 0 unspecified atom stereocenters. The molecule has 1 aromatic heterocycles. The van der Waals surface area contributed by atoms with Gasteiger partial charge in [0.1, 0.15) is 5.75 Å². The van der Waals surface area contributed by atoms with Crippen molar-refractivity contribution in [3.8, 4) is 5.75 Å². The van der Waals surface area contributed by atoms with Crippen LogP contribution in [-0.2, 0) is 17.8 Å². The number of methoxy groups -OCH3 is 1. The van der Waals surface area contributed by atoms with Crippen LogP contribution in [0.5, 0.6) is 5.75 Å². The molecule has 160 valence electrons. The second-order valence-corrected chi connectivity index (χ2v) is 7.04. The van der Waals surface area contributed by atoms with Crippen molar-refractivity contribution in [3.05, 3.63) is 86.1 Å². The predicted octanol–water partition coefficient (Wildman–Crippen LogP) is 3.50. The highest BCUT2D eigenvalue weighted by atomic mass is 35.5. The van der Waals surface area contributed by atoms with Crippen molar-refractivity contribution in [2.45, 2.75) is 19.9 Å². The first-order chi connectivity index (χ1) is 14.9. The van der Waals surface area contributed by atoms with E-state index < -0.39 is 10.7 Å². The lowest BCUT2D eigenvalue weighted by Gasteiger charge is -2.09. The van der Waals surface area contributed by atoms with Gasteiger partial charge in [-0.1, -0.05) is 41.9 Å². The number of rotatable bonds is 8. The third kappa shape index (κ3) is 5.46. The Labute approximate surface area is 183 Å². The van der Waals surface area contributed by atoms with E-state index >= 15 is 0 Å². The minimum absolute atomic E-state index is 0.00260. The van der Waals surface area contributed by atoms with Crippen LogP contribution in [0.15, 0.2) is 53.6 Å². The fraction of sp³-hybridized carbons (Fsp3) is 0.190. The molecule has 0 atom stereocenters. The van der Waals surface area contributed by atoms with Crippen molar-refractivity contribution in [2.75, 3.05) is 7.11 Å². The summed E-state index contributed by atoms with van der Waals surface area (Å²) in [4.78, 5) is 22.5. The molecule has 0 aliphatic rings. The smallest absolute Gasteiger partial charge is 0.408 e. The standard InChI is InChI=1S/C21H20ClN5O4/c1-14-20(22)21(27(29)30)25-26(14)13-17-10-16(8-9-18(17)31-2)12-23-24-19(28)11-15-6-4-3-5-7-15/h3-10,12H,11,13H2,1-2H3,(H,24,28)/b23-12+. The first-order valence-corrected chi connectivity index (χ1v) is 9.67. The molecule has 0 aliphatic carbocycles. The summed E-state index contributed by atoms with van der Waals surface area (Å²) >= 11 is 6.02. The second-order valence-electron chi connectivity index (χ2n) is 6.66. The molecular formula is C21H20ClN5O4. The number of carbonyl (C=O) groups excluding carboxylic acids is 1. The maximum Gasteiger partial charge on any atom is 0.408 e. The highest BCUT2D eigenvalue weighted by molar-refractivity contribution is 6.33. The number of nitrogens with one attached hydrogen (secondary N) is 1. The van der Waals surface area contributed by atoms with E-state index in [0.717, 1.165) is 11.1 Å². The van der Waals surface area contributed by atoms with Gasteiger partial charge in [-0.2, -0.15) is 9.78 Å². The number of hydrazone groups is 1. The first kappa shape index (κ1) is 22.0. The molecule has 31 heavy (non-hydrogen) atoms. The van der Waals surface area contributed by atoms with Gasteiger partial charge in [0.05, 0.1) is 37.1 Å². The largest absolute Gasteiger partial charge is 0.496 e. The van der Waals surface area contributed by atoms with E-state index in [9.17, 15) is 14.9 Å². The number of hydrogen-bond donors (Lipinski definition) is 1. The van der Waals surface area contributed by atoms with E-state index in [-0.39, 0.29) is 23.9 Å². The minimum Gasteiger partial charge on any atom is -0.496 e. The first-order valence-electron chi connectivity index (χ1n) is 9.29. The molecule has 0 saturated heterocycles. The van der Waals surface area contributed by atoms with Gasteiger partial charge in [-0.3, -0.25) is 4.79 Å². The van der Waals surface area contributed by atoms with Gasteiger partial charge < -0.3 is 14.9 Å². The summed E-state index contributed by atoms with van der Waals surface area (Å²) < 4.78 is 6.83. The molecule has 10 heteroatoms.